The molecule has 78 valence electrons. The number of rotatable bonds is 4. The Labute approximate surface area is 84.0 Å². The minimum atomic E-state index is -0.228. The van der Waals surface area contributed by atoms with Crippen LogP contribution in [0.2, 0.25) is 0 Å². The fraction of sp³-hybridized carbons (Fsp3) is 0.364. The van der Waals surface area contributed by atoms with Gasteiger partial charge in [0.25, 0.3) is 0 Å². The van der Waals surface area contributed by atoms with Crippen LogP contribution in [-0.4, -0.2) is 18.1 Å². The molecule has 0 spiro atoms. The molecule has 0 amide bonds. The van der Waals surface area contributed by atoms with Crippen LogP contribution < -0.4 is 0 Å². The van der Waals surface area contributed by atoms with Gasteiger partial charge in [-0.3, -0.25) is 0 Å². The normalized spacial score (nSPS) is 8.93. The number of hydrogen-bond acceptors (Lipinski definition) is 2. The van der Waals surface area contributed by atoms with E-state index in [9.17, 15) is 4.79 Å². The van der Waals surface area contributed by atoms with Crippen molar-refractivity contribution in [3.8, 4) is 0 Å². The van der Waals surface area contributed by atoms with Gasteiger partial charge < -0.3 is 10.2 Å². The van der Waals surface area contributed by atoms with Gasteiger partial charge in [0.15, 0.2) is 0 Å². The van der Waals surface area contributed by atoms with Crippen molar-refractivity contribution >= 4 is 5.97 Å². The second-order valence-corrected chi connectivity index (χ2v) is 2.86. The standard InChI is InChI=1S/C11H14O2.H2O/c1-2-3-9-13-11(12)10-7-5-4-6-8-10;/h4-8H,2-3,9H2,1H3;1H2. The molecule has 0 heterocycles. The predicted molar refractivity (Wildman–Crippen MR) is 55.2 cm³/mol. The van der Waals surface area contributed by atoms with Gasteiger partial charge in [0.05, 0.1) is 12.2 Å². The first-order valence-corrected chi connectivity index (χ1v) is 4.56. The molecular formula is C11H16O3. The number of hydrogen-bond donors (Lipinski definition) is 0. The summed E-state index contributed by atoms with van der Waals surface area (Å²) in [5, 5.41) is 0. The summed E-state index contributed by atoms with van der Waals surface area (Å²) in [5.41, 5.74) is 0.624. The van der Waals surface area contributed by atoms with Crippen LogP contribution in [0, 0.1) is 0 Å². The molecule has 0 unspecified atom stereocenters. The molecule has 0 bridgehead atoms. The first-order chi connectivity index (χ1) is 6.34. The lowest BCUT2D eigenvalue weighted by atomic mass is 10.2. The van der Waals surface area contributed by atoms with E-state index in [0.717, 1.165) is 12.8 Å². The third kappa shape index (κ3) is 4.05. The van der Waals surface area contributed by atoms with Crippen LogP contribution in [-0.2, 0) is 4.74 Å². The molecule has 0 saturated carbocycles. The number of ether oxygens (including phenoxy) is 1. The van der Waals surface area contributed by atoms with Gasteiger partial charge in [-0.1, -0.05) is 31.5 Å². The Balaban J connectivity index is 0.00000169. The Morgan fingerprint density at radius 3 is 2.50 bits per heavy atom. The summed E-state index contributed by atoms with van der Waals surface area (Å²) in [5.74, 6) is -0.228. The van der Waals surface area contributed by atoms with E-state index in [1.165, 1.54) is 0 Å². The van der Waals surface area contributed by atoms with Crippen LogP contribution in [0.5, 0.6) is 0 Å². The lowest BCUT2D eigenvalue weighted by Gasteiger charge is -2.02. The highest BCUT2D eigenvalue weighted by molar-refractivity contribution is 5.89. The van der Waals surface area contributed by atoms with E-state index in [2.05, 4.69) is 6.92 Å². The maximum Gasteiger partial charge on any atom is 0.338 e. The average Bonchev–Trinajstić information content (AvgIpc) is 2.19. The van der Waals surface area contributed by atoms with Gasteiger partial charge in [-0.25, -0.2) is 4.79 Å². The van der Waals surface area contributed by atoms with E-state index >= 15 is 0 Å². The quantitative estimate of drug-likeness (QED) is 0.544. The largest absolute Gasteiger partial charge is 0.462 e. The molecule has 0 aliphatic rings. The molecule has 2 N–H and O–H groups in total. The zero-order valence-electron chi connectivity index (χ0n) is 8.32. The highest BCUT2D eigenvalue weighted by atomic mass is 16.5. The van der Waals surface area contributed by atoms with Crippen LogP contribution in [0.3, 0.4) is 0 Å². The van der Waals surface area contributed by atoms with Crippen molar-refractivity contribution in [3.63, 3.8) is 0 Å². The first kappa shape index (κ1) is 12.7. The third-order valence-corrected chi connectivity index (χ3v) is 1.74. The molecule has 0 aliphatic carbocycles. The van der Waals surface area contributed by atoms with E-state index in [-0.39, 0.29) is 11.4 Å². The Kier molecular flexibility index (Phi) is 6.41. The highest BCUT2D eigenvalue weighted by Gasteiger charge is 2.03. The van der Waals surface area contributed by atoms with Crippen molar-refractivity contribution in [3.05, 3.63) is 35.9 Å². The van der Waals surface area contributed by atoms with Crippen molar-refractivity contribution in [1.82, 2.24) is 0 Å². The van der Waals surface area contributed by atoms with E-state index in [4.69, 9.17) is 4.74 Å². The molecule has 3 nitrogen and oxygen atoms in total. The fourth-order valence-corrected chi connectivity index (χ4v) is 0.967. The van der Waals surface area contributed by atoms with Crippen LogP contribution in [0.4, 0.5) is 0 Å². The van der Waals surface area contributed by atoms with Crippen molar-refractivity contribution in [2.45, 2.75) is 19.8 Å². The predicted octanol–water partition coefficient (Wildman–Crippen LogP) is 1.82. The topological polar surface area (TPSA) is 57.8 Å². The van der Waals surface area contributed by atoms with Crippen LogP contribution in [0.15, 0.2) is 30.3 Å². The Hall–Kier alpha value is -1.35. The SMILES string of the molecule is CCCCOC(=O)c1ccccc1.O. The molecule has 1 rings (SSSR count). The zero-order chi connectivity index (χ0) is 9.52. The number of benzene rings is 1. The van der Waals surface area contributed by atoms with Crippen LogP contribution in [0.25, 0.3) is 0 Å². The highest BCUT2D eigenvalue weighted by Crippen LogP contribution is 2.01. The monoisotopic (exact) mass is 196 g/mol. The molecule has 0 saturated heterocycles. The smallest absolute Gasteiger partial charge is 0.338 e. The summed E-state index contributed by atoms with van der Waals surface area (Å²) < 4.78 is 5.03. The van der Waals surface area contributed by atoms with E-state index in [0.29, 0.717) is 12.2 Å². The summed E-state index contributed by atoms with van der Waals surface area (Å²) in [6.45, 7) is 2.58. The average molecular weight is 196 g/mol. The van der Waals surface area contributed by atoms with Crippen molar-refractivity contribution in [1.29, 1.82) is 0 Å². The molecule has 0 aliphatic heterocycles. The van der Waals surface area contributed by atoms with Crippen molar-refractivity contribution < 1.29 is 15.0 Å². The molecule has 1 aromatic carbocycles. The van der Waals surface area contributed by atoms with Gasteiger partial charge >= 0.3 is 5.97 Å². The summed E-state index contributed by atoms with van der Waals surface area (Å²) >= 11 is 0. The van der Waals surface area contributed by atoms with Gasteiger partial charge in [-0.15, -0.1) is 0 Å². The Bertz CT molecular complexity index is 256. The molecule has 0 radical (unpaired) electrons. The van der Waals surface area contributed by atoms with Gasteiger partial charge in [0.2, 0.25) is 0 Å². The first-order valence-electron chi connectivity index (χ1n) is 4.56. The maximum absolute atomic E-state index is 11.3. The van der Waals surface area contributed by atoms with E-state index in [1.807, 2.05) is 18.2 Å². The maximum atomic E-state index is 11.3. The molecule has 3 heteroatoms. The fourth-order valence-electron chi connectivity index (χ4n) is 0.967. The minimum absolute atomic E-state index is 0. The molecule has 14 heavy (non-hydrogen) atoms. The molecule has 1 aromatic rings. The lowest BCUT2D eigenvalue weighted by molar-refractivity contribution is 0.0500. The minimum Gasteiger partial charge on any atom is -0.462 e. The third-order valence-electron chi connectivity index (χ3n) is 1.74. The Morgan fingerprint density at radius 1 is 1.29 bits per heavy atom. The molecule has 0 atom stereocenters. The summed E-state index contributed by atoms with van der Waals surface area (Å²) in [6, 6.07) is 9.05. The van der Waals surface area contributed by atoms with Gasteiger partial charge in [0.1, 0.15) is 0 Å². The van der Waals surface area contributed by atoms with Crippen LogP contribution >= 0.6 is 0 Å². The van der Waals surface area contributed by atoms with E-state index in [1.54, 1.807) is 12.1 Å². The molecular weight excluding hydrogens is 180 g/mol. The zero-order valence-corrected chi connectivity index (χ0v) is 8.32. The van der Waals surface area contributed by atoms with Crippen molar-refractivity contribution in [2.24, 2.45) is 0 Å². The summed E-state index contributed by atoms with van der Waals surface area (Å²) in [6.07, 6.45) is 1.97. The van der Waals surface area contributed by atoms with E-state index < -0.39 is 0 Å². The summed E-state index contributed by atoms with van der Waals surface area (Å²) in [7, 11) is 0. The van der Waals surface area contributed by atoms with Gasteiger partial charge in [-0.2, -0.15) is 0 Å². The number of esters is 1. The number of carbonyl (C=O) groups is 1. The Morgan fingerprint density at radius 2 is 1.93 bits per heavy atom. The number of unbranched alkanes of at least 4 members (excludes halogenated alkanes) is 1. The van der Waals surface area contributed by atoms with Gasteiger partial charge in [0, 0.05) is 0 Å². The van der Waals surface area contributed by atoms with Crippen molar-refractivity contribution in [2.75, 3.05) is 6.61 Å². The lowest BCUT2D eigenvalue weighted by Crippen LogP contribution is -2.05. The number of carbonyl (C=O) groups excluding carboxylic acids is 1. The van der Waals surface area contributed by atoms with Gasteiger partial charge in [-0.05, 0) is 18.6 Å². The molecule has 0 aromatic heterocycles. The molecule has 0 fully saturated rings. The van der Waals surface area contributed by atoms with Crippen LogP contribution in [0.1, 0.15) is 30.1 Å². The summed E-state index contributed by atoms with van der Waals surface area (Å²) in [4.78, 5) is 11.3. The second-order valence-electron chi connectivity index (χ2n) is 2.86. The second kappa shape index (κ2) is 7.09.